The third-order valence-corrected chi connectivity index (χ3v) is 2.04. The molecule has 0 unspecified atom stereocenters. The van der Waals surface area contributed by atoms with Crippen molar-refractivity contribution in [1.82, 2.24) is 9.97 Å². The average molecular weight is 235 g/mol. The molecule has 0 amide bonds. The number of aromatic nitrogens is 2. The van der Waals surface area contributed by atoms with Gasteiger partial charge in [-0.3, -0.25) is 0 Å². The average Bonchev–Trinajstić information content (AvgIpc) is 2.29. The van der Waals surface area contributed by atoms with E-state index in [0.717, 1.165) is 0 Å². The van der Waals surface area contributed by atoms with Gasteiger partial charge in [-0.05, 0) is 0 Å². The van der Waals surface area contributed by atoms with E-state index < -0.39 is 11.2 Å². The van der Waals surface area contributed by atoms with Crippen LogP contribution in [0.25, 0.3) is 6.08 Å². The molecule has 0 aromatic carbocycles. The zero-order chi connectivity index (χ0) is 12.7. The minimum atomic E-state index is -0.509. The van der Waals surface area contributed by atoms with Crippen LogP contribution in [0.3, 0.4) is 0 Å². The normalized spacial score (nSPS) is 12.8. The molecule has 0 aliphatic carbocycles. The van der Waals surface area contributed by atoms with Gasteiger partial charge in [-0.15, -0.1) is 0 Å². The molecule has 0 aliphatic heterocycles. The van der Waals surface area contributed by atoms with Gasteiger partial charge in [-0.1, -0.05) is 0 Å². The van der Waals surface area contributed by atoms with E-state index in [1.807, 2.05) is 13.0 Å². The van der Waals surface area contributed by atoms with Gasteiger partial charge < -0.3 is 0 Å². The zero-order valence-corrected chi connectivity index (χ0v) is 9.77. The van der Waals surface area contributed by atoms with Crippen LogP contribution in [-0.4, -0.2) is 30.4 Å². The third-order valence-electron chi connectivity index (χ3n) is 2.04. The number of aromatic amines is 2. The Morgan fingerprint density at radius 2 is 2.35 bits per heavy atom. The van der Waals surface area contributed by atoms with Crippen molar-refractivity contribution in [3.8, 4) is 0 Å². The van der Waals surface area contributed by atoms with Crippen molar-refractivity contribution in [1.29, 1.82) is 0 Å². The molecule has 0 aliphatic rings. The van der Waals surface area contributed by atoms with Crippen LogP contribution in [0.4, 0.5) is 0 Å². The first-order valence-electron chi connectivity index (χ1n) is 5.16. The number of nitrogens with zero attached hydrogens (tertiary/aromatic N) is 1. The molecule has 0 radical (unpaired) electrons. The quantitative estimate of drug-likeness (QED) is 0.719. The molecule has 7 heteroatoms. The first-order valence-corrected chi connectivity index (χ1v) is 5.16. The first kappa shape index (κ1) is 13.2. The predicted molar refractivity (Wildman–Crippen MR) is 66.0 cm³/mol. The van der Waals surface area contributed by atoms with Crippen LogP contribution in [0.1, 0.15) is 18.9 Å². The summed E-state index contributed by atoms with van der Waals surface area (Å²) in [5.74, 6) is 0. The number of hydrogen-bond donors (Lipinski definition) is 2. The van der Waals surface area contributed by atoms with E-state index in [4.69, 9.17) is 4.65 Å². The second kappa shape index (κ2) is 6.62. The van der Waals surface area contributed by atoms with E-state index in [1.165, 1.54) is 20.6 Å². The summed E-state index contributed by atoms with van der Waals surface area (Å²) in [7, 11) is 2.91. The van der Waals surface area contributed by atoms with Gasteiger partial charge in [0.15, 0.2) is 0 Å². The number of hydrogen-bond acceptors (Lipinski definition) is 4. The monoisotopic (exact) mass is 235 g/mol. The third kappa shape index (κ3) is 4.63. The van der Waals surface area contributed by atoms with Crippen molar-refractivity contribution in [2.75, 3.05) is 7.11 Å². The standard InChI is InChI=1S/C10H14BN3O3/c1-7(14-11-17-2)4-3-5-8-6-12-10(16)13-9(8)15/h3,5-7H,4H2,1-2H3,(H2,12,13,15,16)/t7-/m0/s1. The Morgan fingerprint density at radius 3 is 3.00 bits per heavy atom. The molecule has 90 valence electrons. The molecule has 1 heterocycles. The Balaban J connectivity index is 2.62. The minimum absolute atomic E-state index is 0.0769. The van der Waals surface area contributed by atoms with E-state index in [1.54, 1.807) is 6.08 Å². The Morgan fingerprint density at radius 1 is 1.59 bits per heavy atom. The molecule has 0 saturated carbocycles. The molecule has 17 heavy (non-hydrogen) atoms. The van der Waals surface area contributed by atoms with E-state index in [2.05, 4.69) is 14.9 Å². The van der Waals surface area contributed by atoms with Crippen LogP contribution in [0.2, 0.25) is 0 Å². The van der Waals surface area contributed by atoms with Gasteiger partial charge in [0.05, 0.1) is 0 Å². The first-order chi connectivity index (χ1) is 8.13. The fourth-order valence-electron chi connectivity index (χ4n) is 1.16. The summed E-state index contributed by atoms with van der Waals surface area (Å²) in [5, 5.41) is 0. The summed E-state index contributed by atoms with van der Waals surface area (Å²) in [6, 6.07) is 0.0769. The van der Waals surface area contributed by atoms with E-state index in [-0.39, 0.29) is 6.04 Å². The van der Waals surface area contributed by atoms with Crippen LogP contribution in [0.15, 0.2) is 26.8 Å². The molecule has 0 fully saturated rings. The predicted octanol–water partition coefficient (Wildman–Crippen LogP) is 0.304. The van der Waals surface area contributed by atoms with Crippen molar-refractivity contribution >= 4 is 13.4 Å². The molecule has 0 bridgehead atoms. The Bertz CT molecular complexity index is 518. The molecule has 1 aromatic rings. The van der Waals surface area contributed by atoms with Crippen LogP contribution in [0.5, 0.6) is 0 Å². The second-order valence-corrected chi connectivity index (χ2v) is 3.50. The SMILES string of the molecule is COB=N[C@@H](C)CC=Cc1c[nH]c(=O)[nH]c1=O. The molecule has 1 rings (SSSR count). The molecule has 0 saturated heterocycles. The topological polar surface area (TPSA) is 87.3 Å². The van der Waals surface area contributed by atoms with Gasteiger partial charge in [0.1, 0.15) is 0 Å². The van der Waals surface area contributed by atoms with E-state index in [9.17, 15) is 9.59 Å². The van der Waals surface area contributed by atoms with Crippen molar-refractivity contribution in [3.63, 3.8) is 0 Å². The van der Waals surface area contributed by atoms with Gasteiger partial charge in [-0.25, -0.2) is 0 Å². The van der Waals surface area contributed by atoms with Gasteiger partial charge >= 0.3 is 98.0 Å². The molecule has 6 nitrogen and oxygen atoms in total. The zero-order valence-electron chi connectivity index (χ0n) is 9.77. The summed E-state index contributed by atoms with van der Waals surface area (Å²) in [6.45, 7) is 1.93. The van der Waals surface area contributed by atoms with Gasteiger partial charge in [0, 0.05) is 0 Å². The van der Waals surface area contributed by atoms with Crippen molar-refractivity contribution in [2.24, 2.45) is 4.90 Å². The summed E-state index contributed by atoms with van der Waals surface area (Å²) >= 11 is 0. The second-order valence-electron chi connectivity index (χ2n) is 3.50. The van der Waals surface area contributed by atoms with Crippen LogP contribution in [-0.2, 0) is 4.65 Å². The Kier molecular flexibility index (Phi) is 5.12. The molecule has 1 aromatic heterocycles. The molecule has 1 atom stereocenters. The fraction of sp³-hybridized carbons (Fsp3) is 0.400. The molecule has 2 N–H and O–H groups in total. The van der Waals surface area contributed by atoms with Crippen molar-refractivity contribution < 1.29 is 4.65 Å². The number of rotatable bonds is 5. The van der Waals surface area contributed by atoms with Crippen LogP contribution in [0, 0.1) is 0 Å². The van der Waals surface area contributed by atoms with Crippen molar-refractivity contribution in [2.45, 2.75) is 19.4 Å². The van der Waals surface area contributed by atoms with Crippen LogP contribution < -0.4 is 11.2 Å². The molecule has 0 spiro atoms. The number of nitrogens with one attached hydrogen (secondary N) is 2. The Labute approximate surface area is 98.7 Å². The summed E-state index contributed by atoms with van der Waals surface area (Å²) in [5.41, 5.74) is -0.504. The van der Waals surface area contributed by atoms with E-state index >= 15 is 0 Å². The van der Waals surface area contributed by atoms with E-state index in [0.29, 0.717) is 12.0 Å². The molecular formula is C10H14BN3O3. The molecular weight excluding hydrogens is 221 g/mol. The van der Waals surface area contributed by atoms with Gasteiger partial charge in [0.25, 0.3) is 0 Å². The summed E-state index contributed by atoms with van der Waals surface area (Å²) < 4.78 is 4.70. The maximum absolute atomic E-state index is 11.3. The summed E-state index contributed by atoms with van der Waals surface area (Å²) in [4.78, 5) is 30.7. The fourth-order valence-corrected chi connectivity index (χ4v) is 1.16. The summed E-state index contributed by atoms with van der Waals surface area (Å²) in [6.07, 6.45) is 5.52. The van der Waals surface area contributed by atoms with Crippen LogP contribution >= 0.6 is 0 Å². The van der Waals surface area contributed by atoms with Gasteiger partial charge in [-0.2, -0.15) is 0 Å². The van der Waals surface area contributed by atoms with Crippen molar-refractivity contribution in [3.05, 3.63) is 38.7 Å². The Hall–Kier alpha value is -1.92. The van der Waals surface area contributed by atoms with Gasteiger partial charge in [0.2, 0.25) is 0 Å². The maximum atomic E-state index is 11.3. The number of H-pyrrole nitrogens is 2.